The molecule has 1 aromatic carbocycles. The van der Waals surface area contributed by atoms with Crippen molar-refractivity contribution in [2.24, 2.45) is 0 Å². The van der Waals surface area contributed by atoms with E-state index in [2.05, 4.69) is 0 Å². The largest absolute Gasteiger partial charge is 0.507 e. The number of carbonyl (C=O) groups excluding carboxylic acids is 2. The number of thioether (sulfide) groups is 1. The summed E-state index contributed by atoms with van der Waals surface area (Å²) >= 11 is 1.89. The molecule has 0 unspecified atom stereocenters. The van der Waals surface area contributed by atoms with E-state index in [-0.39, 0.29) is 23.8 Å². The second-order valence-corrected chi connectivity index (χ2v) is 8.39. The summed E-state index contributed by atoms with van der Waals surface area (Å²) in [6.07, 6.45) is 3.59. The molecule has 0 bridgehead atoms. The summed E-state index contributed by atoms with van der Waals surface area (Å²) in [7, 11) is 1.56. The molecule has 152 valence electrons. The molecule has 6 nitrogen and oxygen atoms in total. The lowest BCUT2D eigenvalue weighted by Crippen LogP contribution is -2.37. The van der Waals surface area contributed by atoms with Crippen molar-refractivity contribution in [2.75, 3.05) is 31.7 Å². The van der Waals surface area contributed by atoms with Crippen LogP contribution < -0.4 is 4.74 Å². The third kappa shape index (κ3) is 4.14. The van der Waals surface area contributed by atoms with Gasteiger partial charge in [0.1, 0.15) is 23.7 Å². The summed E-state index contributed by atoms with van der Waals surface area (Å²) < 4.78 is 10.6. The average molecular weight is 406 g/mol. The molecular weight excluding hydrogens is 378 g/mol. The number of esters is 1. The Balaban J connectivity index is 1.71. The molecule has 2 aliphatic rings. The quantitative estimate of drug-likeness (QED) is 0.579. The Bertz CT molecular complexity index is 812. The number of methoxy groups -OCH3 is 1. The molecule has 1 saturated heterocycles. The lowest BCUT2D eigenvalue weighted by atomic mass is 9.94. The van der Waals surface area contributed by atoms with Crippen LogP contribution in [0.25, 0.3) is 0 Å². The fraction of sp³-hybridized carbons (Fsp3) is 0.524. The number of fused-ring (bicyclic) bond motifs is 1. The number of hydrogen-bond donors (Lipinski definition) is 1. The van der Waals surface area contributed by atoms with E-state index in [9.17, 15) is 14.7 Å². The predicted octanol–water partition coefficient (Wildman–Crippen LogP) is 3.22. The molecule has 0 saturated carbocycles. The number of aromatic hydroxyl groups is 1. The monoisotopic (exact) mass is 405 g/mol. The Kier molecular flexibility index (Phi) is 6.54. The molecule has 1 N–H and O–H groups in total. The van der Waals surface area contributed by atoms with E-state index < -0.39 is 5.97 Å². The first-order valence-electron chi connectivity index (χ1n) is 9.53. The van der Waals surface area contributed by atoms with Gasteiger partial charge in [0, 0.05) is 42.1 Å². The Morgan fingerprint density at radius 3 is 2.71 bits per heavy atom. The lowest BCUT2D eigenvalue weighted by Gasteiger charge is -2.26. The number of cyclic esters (lactones) is 1. The van der Waals surface area contributed by atoms with E-state index in [4.69, 9.17) is 9.47 Å². The standard InChI is InChI=1S/C21H27NO5S/c1-13(5-7-17(23)22-8-10-28-11-9-22)4-6-15-19(24)18-16(12-27-21(18)25)14(2)20(15)26-3/h4,24H,5-12H2,1-3H3. The van der Waals surface area contributed by atoms with Crippen LogP contribution in [0.2, 0.25) is 0 Å². The van der Waals surface area contributed by atoms with Crippen LogP contribution in [-0.4, -0.2) is 53.6 Å². The maximum Gasteiger partial charge on any atom is 0.342 e. The van der Waals surface area contributed by atoms with Gasteiger partial charge < -0.3 is 19.5 Å². The Labute approximate surface area is 169 Å². The molecule has 0 atom stereocenters. The summed E-state index contributed by atoms with van der Waals surface area (Å²) in [4.78, 5) is 26.2. The van der Waals surface area contributed by atoms with Gasteiger partial charge in [0.25, 0.3) is 0 Å². The Morgan fingerprint density at radius 1 is 1.32 bits per heavy atom. The zero-order valence-electron chi connectivity index (χ0n) is 16.7. The summed E-state index contributed by atoms with van der Waals surface area (Å²) in [5, 5.41) is 10.6. The van der Waals surface area contributed by atoms with Crippen molar-refractivity contribution in [1.29, 1.82) is 0 Å². The predicted molar refractivity (Wildman–Crippen MR) is 109 cm³/mol. The third-order valence-corrected chi connectivity index (χ3v) is 6.34. The summed E-state index contributed by atoms with van der Waals surface area (Å²) in [5.41, 5.74) is 3.41. The van der Waals surface area contributed by atoms with Crippen LogP contribution in [0.5, 0.6) is 11.5 Å². The van der Waals surface area contributed by atoms with E-state index >= 15 is 0 Å². The van der Waals surface area contributed by atoms with Gasteiger partial charge in [-0.25, -0.2) is 4.79 Å². The van der Waals surface area contributed by atoms with E-state index in [1.54, 1.807) is 7.11 Å². The van der Waals surface area contributed by atoms with E-state index in [0.717, 1.165) is 35.7 Å². The van der Waals surface area contributed by atoms with Crippen LogP contribution in [0.15, 0.2) is 11.6 Å². The van der Waals surface area contributed by atoms with Crippen LogP contribution in [0.3, 0.4) is 0 Å². The smallest absolute Gasteiger partial charge is 0.342 e. The average Bonchev–Trinajstić information content (AvgIpc) is 3.10. The zero-order valence-corrected chi connectivity index (χ0v) is 17.5. The molecule has 7 heteroatoms. The highest BCUT2D eigenvalue weighted by Crippen LogP contribution is 2.42. The molecule has 0 radical (unpaired) electrons. The second-order valence-electron chi connectivity index (χ2n) is 7.16. The zero-order chi connectivity index (χ0) is 20.3. The molecule has 0 spiro atoms. The van der Waals surface area contributed by atoms with Crippen molar-refractivity contribution >= 4 is 23.6 Å². The van der Waals surface area contributed by atoms with Gasteiger partial charge in [-0.2, -0.15) is 11.8 Å². The molecule has 1 aromatic rings. The number of hydrogen-bond acceptors (Lipinski definition) is 6. The maximum atomic E-state index is 12.3. The van der Waals surface area contributed by atoms with Gasteiger partial charge in [-0.05, 0) is 32.3 Å². The molecule has 2 aliphatic heterocycles. The number of rotatable bonds is 6. The van der Waals surface area contributed by atoms with Crippen molar-refractivity contribution in [3.63, 3.8) is 0 Å². The van der Waals surface area contributed by atoms with E-state index in [1.807, 2.05) is 36.6 Å². The number of phenols is 1. The number of benzene rings is 1. The molecule has 1 amide bonds. The highest BCUT2D eigenvalue weighted by Gasteiger charge is 2.31. The number of phenolic OH excluding ortho intramolecular Hbond substituents is 1. The Hall–Kier alpha value is -2.15. The van der Waals surface area contributed by atoms with Crippen LogP contribution in [0.1, 0.15) is 46.8 Å². The summed E-state index contributed by atoms with van der Waals surface area (Å²) in [6, 6.07) is 0. The first kappa shape index (κ1) is 20.6. The highest BCUT2D eigenvalue weighted by molar-refractivity contribution is 7.99. The van der Waals surface area contributed by atoms with Crippen molar-refractivity contribution in [3.8, 4) is 11.5 Å². The van der Waals surface area contributed by atoms with Crippen LogP contribution in [0.4, 0.5) is 0 Å². The molecule has 0 aromatic heterocycles. The van der Waals surface area contributed by atoms with E-state index in [0.29, 0.717) is 36.1 Å². The number of amides is 1. The molecule has 2 heterocycles. The van der Waals surface area contributed by atoms with Crippen molar-refractivity contribution in [1.82, 2.24) is 4.90 Å². The number of carbonyl (C=O) groups is 2. The summed E-state index contributed by atoms with van der Waals surface area (Å²) in [6.45, 7) is 5.69. The molecule has 1 fully saturated rings. The minimum atomic E-state index is -0.495. The highest BCUT2D eigenvalue weighted by atomic mass is 32.2. The van der Waals surface area contributed by atoms with E-state index in [1.165, 1.54) is 0 Å². The minimum absolute atomic E-state index is 0.0640. The van der Waals surface area contributed by atoms with Crippen LogP contribution in [-0.2, 0) is 22.6 Å². The SMILES string of the molecule is COc1c(C)c2c(c(O)c1CC=C(C)CCC(=O)N1CCSCC1)C(=O)OC2. The van der Waals surface area contributed by atoms with Crippen LogP contribution >= 0.6 is 11.8 Å². The number of allylic oxidation sites excluding steroid dienone is 2. The molecular formula is C21H27NO5S. The summed E-state index contributed by atoms with van der Waals surface area (Å²) in [5.74, 6) is 2.25. The number of nitrogens with zero attached hydrogens (tertiary/aromatic N) is 1. The minimum Gasteiger partial charge on any atom is -0.507 e. The molecule has 3 rings (SSSR count). The van der Waals surface area contributed by atoms with Crippen molar-refractivity contribution in [2.45, 2.75) is 39.7 Å². The van der Waals surface area contributed by atoms with Crippen molar-refractivity contribution in [3.05, 3.63) is 33.9 Å². The lowest BCUT2D eigenvalue weighted by molar-refractivity contribution is -0.130. The topological polar surface area (TPSA) is 76.1 Å². The molecule has 0 aliphatic carbocycles. The van der Waals surface area contributed by atoms with Gasteiger partial charge in [0.15, 0.2) is 0 Å². The van der Waals surface area contributed by atoms with Gasteiger partial charge >= 0.3 is 5.97 Å². The van der Waals surface area contributed by atoms with Crippen molar-refractivity contribution < 1.29 is 24.2 Å². The van der Waals surface area contributed by atoms with Gasteiger partial charge in [0.05, 0.1) is 7.11 Å². The first-order chi connectivity index (χ1) is 13.4. The van der Waals surface area contributed by atoms with Gasteiger partial charge in [-0.3, -0.25) is 4.79 Å². The third-order valence-electron chi connectivity index (χ3n) is 5.40. The molecule has 28 heavy (non-hydrogen) atoms. The maximum absolute atomic E-state index is 12.3. The van der Waals surface area contributed by atoms with Gasteiger partial charge in [0.2, 0.25) is 5.91 Å². The van der Waals surface area contributed by atoms with Gasteiger partial charge in [-0.15, -0.1) is 0 Å². The fourth-order valence-electron chi connectivity index (χ4n) is 3.68. The fourth-order valence-corrected chi connectivity index (χ4v) is 4.58. The first-order valence-corrected chi connectivity index (χ1v) is 10.7. The normalized spacial score (nSPS) is 16.8. The second kappa shape index (κ2) is 8.90. The number of ether oxygens (including phenoxy) is 2. The van der Waals surface area contributed by atoms with Crippen LogP contribution in [0, 0.1) is 6.92 Å². The van der Waals surface area contributed by atoms with Gasteiger partial charge in [-0.1, -0.05) is 11.6 Å². The Morgan fingerprint density at radius 2 is 2.04 bits per heavy atom.